The number of amides is 1. The van der Waals surface area contributed by atoms with Crippen molar-refractivity contribution in [1.82, 2.24) is 4.90 Å². The number of aliphatic imine (C=N–C) groups is 1. The lowest BCUT2D eigenvalue weighted by Gasteiger charge is -2.44. The topological polar surface area (TPSA) is 58.7 Å². The van der Waals surface area contributed by atoms with Crippen LogP contribution in [0.3, 0.4) is 0 Å². The molecule has 0 saturated heterocycles. The highest BCUT2D eigenvalue weighted by molar-refractivity contribution is 6.08. The van der Waals surface area contributed by atoms with Crippen LogP contribution in [0.2, 0.25) is 0 Å². The molecule has 148 valence electrons. The van der Waals surface area contributed by atoms with E-state index in [1.165, 1.54) is 5.56 Å². The molecule has 2 spiro atoms. The summed E-state index contributed by atoms with van der Waals surface area (Å²) in [6.07, 6.45) is 6.11. The molecule has 1 heterocycles. The van der Waals surface area contributed by atoms with Crippen molar-refractivity contribution in [3.8, 4) is 11.8 Å². The van der Waals surface area contributed by atoms with Gasteiger partial charge in [-0.05, 0) is 54.4 Å². The van der Waals surface area contributed by atoms with Crippen LogP contribution < -0.4 is 5.73 Å². The van der Waals surface area contributed by atoms with Crippen molar-refractivity contribution in [3.63, 3.8) is 0 Å². The SMILES string of the molecule is CC(C)CC#Cc1ccc2c(c1)C1(N=C(N)N(C)C1=O)C1(CCC(C)CC1)C2. The first-order valence-electron chi connectivity index (χ1n) is 10.5. The Kier molecular flexibility index (Phi) is 4.53. The van der Waals surface area contributed by atoms with Crippen LogP contribution in [0, 0.1) is 29.1 Å². The molecule has 1 saturated carbocycles. The number of fused-ring (bicyclic) bond motifs is 3. The van der Waals surface area contributed by atoms with Crippen LogP contribution in [0.1, 0.15) is 69.6 Å². The number of carbonyl (C=O) groups excluding carboxylic acids is 1. The molecule has 1 aromatic rings. The van der Waals surface area contributed by atoms with Crippen molar-refractivity contribution in [2.24, 2.45) is 28.0 Å². The maximum atomic E-state index is 13.6. The van der Waals surface area contributed by atoms with Gasteiger partial charge in [-0.15, -0.1) is 0 Å². The van der Waals surface area contributed by atoms with Crippen LogP contribution in [-0.4, -0.2) is 23.8 Å². The Hall–Kier alpha value is -2.28. The van der Waals surface area contributed by atoms with Gasteiger partial charge in [0.1, 0.15) is 0 Å². The van der Waals surface area contributed by atoms with Gasteiger partial charge in [0, 0.05) is 24.4 Å². The summed E-state index contributed by atoms with van der Waals surface area (Å²) in [4.78, 5) is 20.0. The second kappa shape index (κ2) is 6.65. The zero-order valence-electron chi connectivity index (χ0n) is 17.5. The Morgan fingerprint density at radius 1 is 1.32 bits per heavy atom. The lowest BCUT2D eigenvalue weighted by Crippen LogP contribution is -2.50. The number of nitrogens with two attached hydrogens (primary N) is 1. The zero-order chi connectivity index (χ0) is 20.1. The summed E-state index contributed by atoms with van der Waals surface area (Å²) in [5, 5.41) is 0. The van der Waals surface area contributed by atoms with E-state index in [1.54, 1.807) is 11.9 Å². The normalized spacial score (nSPS) is 31.3. The molecule has 0 aromatic heterocycles. The molecule has 4 rings (SSSR count). The number of rotatable bonds is 1. The van der Waals surface area contributed by atoms with E-state index in [9.17, 15) is 4.79 Å². The van der Waals surface area contributed by atoms with Gasteiger partial charge < -0.3 is 5.73 Å². The summed E-state index contributed by atoms with van der Waals surface area (Å²) in [5.74, 6) is 8.20. The van der Waals surface area contributed by atoms with Gasteiger partial charge in [0.05, 0.1) is 0 Å². The minimum atomic E-state index is -0.864. The lowest BCUT2D eigenvalue weighted by molar-refractivity contribution is -0.136. The fourth-order valence-corrected chi connectivity index (χ4v) is 5.30. The van der Waals surface area contributed by atoms with E-state index in [0.717, 1.165) is 49.7 Å². The van der Waals surface area contributed by atoms with Gasteiger partial charge in [-0.3, -0.25) is 9.69 Å². The molecular weight excluding hydrogens is 346 g/mol. The van der Waals surface area contributed by atoms with Gasteiger partial charge in [0.15, 0.2) is 11.5 Å². The van der Waals surface area contributed by atoms with E-state index in [2.05, 4.69) is 50.8 Å². The van der Waals surface area contributed by atoms with Crippen molar-refractivity contribution in [1.29, 1.82) is 0 Å². The van der Waals surface area contributed by atoms with Crippen LogP contribution in [0.25, 0.3) is 0 Å². The summed E-state index contributed by atoms with van der Waals surface area (Å²) >= 11 is 0. The molecule has 2 aliphatic carbocycles. The Balaban J connectivity index is 1.83. The Morgan fingerprint density at radius 3 is 2.64 bits per heavy atom. The minimum absolute atomic E-state index is 0.0330. The summed E-state index contributed by atoms with van der Waals surface area (Å²) in [5.41, 5.74) is 8.40. The fourth-order valence-electron chi connectivity index (χ4n) is 5.30. The third-order valence-corrected chi connectivity index (χ3v) is 7.01. The monoisotopic (exact) mass is 377 g/mol. The average Bonchev–Trinajstić information content (AvgIpc) is 3.05. The molecule has 1 aliphatic heterocycles. The number of guanidine groups is 1. The van der Waals surface area contributed by atoms with Crippen molar-refractivity contribution in [3.05, 3.63) is 34.9 Å². The molecule has 1 amide bonds. The van der Waals surface area contributed by atoms with Crippen molar-refractivity contribution >= 4 is 11.9 Å². The van der Waals surface area contributed by atoms with E-state index in [1.807, 2.05) is 0 Å². The van der Waals surface area contributed by atoms with Crippen LogP contribution in [0.15, 0.2) is 23.2 Å². The fraction of sp³-hybridized carbons (Fsp3) is 0.583. The van der Waals surface area contributed by atoms with E-state index in [-0.39, 0.29) is 11.3 Å². The van der Waals surface area contributed by atoms with E-state index in [0.29, 0.717) is 17.8 Å². The molecule has 1 aromatic carbocycles. The number of hydrogen-bond donors (Lipinski definition) is 1. The van der Waals surface area contributed by atoms with Gasteiger partial charge in [-0.2, -0.15) is 0 Å². The van der Waals surface area contributed by atoms with Gasteiger partial charge in [-0.25, -0.2) is 4.99 Å². The number of likely N-dealkylation sites (N-methyl/N-ethyl adjacent to an activating group) is 1. The Morgan fingerprint density at radius 2 is 2.04 bits per heavy atom. The molecule has 1 atom stereocenters. The Bertz CT molecular complexity index is 896. The molecule has 4 heteroatoms. The van der Waals surface area contributed by atoms with Crippen molar-refractivity contribution < 1.29 is 4.79 Å². The molecule has 1 unspecified atom stereocenters. The summed E-state index contributed by atoms with van der Waals surface area (Å²) in [7, 11) is 1.75. The maximum Gasteiger partial charge on any atom is 0.262 e. The number of nitrogens with zero attached hydrogens (tertiary/aromatic N) is 2. The number of benzene rings is 1. The first kappa shape index (κ1) is 19.1. The van der Waals surface area contributed by atoms with Crippen LogP contribution >= 0.6 is 0 Å². The van der Waals surface area contributed by atoms with Gasteiger partial charge in [-0.1, -0.05) is 51.5 Å². The molecule has 0 bridgehead atoms. The second-order valence-corrected chi connectivity index (χ2v) is 9.46. The molecule has 4 nitrogen and oxygen atoms in total. The molecular formula is C24H31N3O. The first-order valence-corrected chi connectivity index (χ1v) is 10.5. The average molecular weight is 378 g/mol. The third-order valence-electron chi connectivity index (χ3n) is 7.01. The molecule has 2 N–H and O–H groups in total. The molecule has 28 heavy (non-hydrogen) atoms. The van der Waals surface area contributed by atoms with Crippen LogP contribution in [-0.2, 0) is 16.8 Å². The van der Waals surface area contributed by atoms with Gasteiger partial charge >= 0.3 is 0 Å². The maximum absolute atomic E-state index is 13.6. The molecule has 0 radical (unpaired) electrons. The minimum Gasteiger partial charge on any atom is -0.369 e. The Labute approximate surface area is 168 Å². The van der Waals surface area contributed by atoms with Gasteiger partial charge in [0.2, 0.25) is 0 Å². The number of hydrogen-bond acceptors (Lipinski definition) is 3. The van der Waals surface area contributed by atoms with E-state index in [4.69, 9.17) is 10.7 Å². The summed E-state index contributed by atoms with van der Waals surface area (Å²) < 4.78 is 0. The first-order chi connectivity index (χ1) is 13.3. The quantitative estimate of drug-likeness (QED) is 0.757. The highest BCUT2D eigenvalue weighted by Gasteiger charge is 2.66. The largest absolute Gasteiger partial charge is 0.369 e. The van der Waals surface area contributed by atoms with Crippen molar-refractivity contribution in [2.45, 2.75) is 64.8 Å². The van der Waals surface area contributed by atoms with Crippen LogP contribution in [0.4, 0.5) is 0 Å². The lowest BCUT2D eigenvalue weighted by atomic mass is 9.60. The molecule has 3 aliphatic rings. The smallest absolute Gasteiger partial charge is 0.262 e. The third kappa shape index (κ3) is 2.67. The predicted molar refractivity (Wildman–Crippen MR) is 113 cm³/mol. The number of carbonyl (C=O) groups is 1. The van der Waals surface area contributed by atoms with E-state index < -0.39 is 5.54 Å². The van der Waals surface area contributed by atoms with E-state index >= 15 is 0 Å². The highest BCUT2D eigenvalue weighted by atomic mass is 16.2. The predicted octanol–water partition coefficient (Wildman–Crippen LogP) is 3.82. The standard InChI is InChI=1S/C24H31N3O/c1-16(2)6-5-7-18-8-9-19-15-23(12-10-17(3)11-13-23)24(20(19)14-18)21(28)27(4)22(25)26-24/h8-9,14,16-17H,6,10-13,15H2,1-4H3,(H2,25,26). The molecule has 1 fully saturated rings. The zero-order valence-corrected chi connectivity index (χ0v) is 17.5. The van der Waals surface area contributed by atoms with Gasteiger partial charge in [0.25, 0.3) is 5.91 Å². The highest BCUT2D eigenvalue weighted by Crippen LogP contribution is 2.62. The summed E-state index contributed by atoms with van der Waals surface area (Å²) in [6, 6.07) is 6.38. The van der Waals surface area contributed by atoms with Crippen molar-refractivity contribution in [2.75, 3.05) is 7.05 Å². The van der Waals surface area contributed by atoms with Crippen LogP contribution in [0.5, 0.6) is 0 Å². The summed E-state index contributed by atoms with van der Waals surface area (Å²) in [6.45, 7) is 6.65. The second-order valence-electron chi connectivity index (χ2n) is 9.46.